The number of carbonyl (C=O) groups excluding carboxylic acids is 7. The molecule has 0 radical (unpaired) electrons. The van der Waals surface area contributed by atoms with Crippen molar-refractivity contribution in [2.75, 3.05) is 89.0 Å². The zero-order valence-corrected chi connectivity index (χ0v) is 59.5. The number of aromatic hydroxyl groups is 1. The zero-order valence-electron chi connectivity index (χ0n) is 59.5. The fourth-order valence-corrected chi connectivity index (χ4v) is 14.4. The van der Waals surface area contributed by atoms with Gasteiger partial charge in [-0.1, -0.05) is 85.0 Å². The van der Waals surface area contributed by atoms with Crippen LogP contribution in [-0.2, 0) is 51.4 Å². The van der Waals surface area contributed by atoms with E-state index < -0.39 is 159 Å². The number of aliphatic hydroxyl groups is 7. The molecular formula is C73H109F2N11O16. The molecule has 3 aromatic carbocycles. The predicted molar refractivity (Wildman–Crippen MR) is 375 cm³/mol. The van der Waals surface area contributed by atoms with Gasteiger partial charge in [0, 0.05) is 140 Å². The van der Waals surface area contributed by atoms with Gasteiger partial charge >= 0.3 is 0 Å². The number of halogens is 2. The van der Waals surface area contributed by atoms with Gasteiger partial charge in [-0.15, -0.1) is 0 Å². The van der Waals surface area contributed by atoms with E-state index in [1.807, 2.05) is 0 Å². The predicted octanol–water partition coefficient (Wildman–Crippen LogP) is 1.77. The number of phenolic OH excluding ortho intramolecular Hbond substituents is 1. The third kappa shape index (κ3) is 21.9. The lowest BCUT2D eigenvalue weighted by atomic mass is 9.93. The standard InChI is InChI=1S/C73H109F2N11O16/c1-6-44(2)16-14-12-10-8-7-9-11-13-15-17-61(92)76-55-38-60(91)71(102-5)80-70(99)63-64(93)45(3)39-86(63)72(100)57(43-87)78-67(96)56(77-69(98)58-36-54(89)42-85(58)73(101)62(46(4)88)79-68(55)97)37-59(90)66(95)47-34-48(40-81-26-30-83(31-27-81)52-22-18-50(74)19-23-52)65(94)49(35-47)41-82-28-32-84(33-29-82)53-24-20-51(75)21-25-53/h18-25,34-35,44-46,54-60,62-64,66,71,87-91,93-95H,6-17,26-33,36-43H2,1-5H3,(H,76,92)(H,77,98)(H,78,96)(H,79,97)(H,80,99). The van der Waals surface area contributed by atoms with E-state index in [1.165, 1.54) is 75.9 Å². The Hall–Kier alpha value is -7.19. The smallest absolute Gasteiger partial charge is 0.248 e. The number of carbonyl (C=O) groups is 7. The zero-order chi connectivity index (χ0) is 73.9. The van der Waals surface area contributed by atoms with E-state index in [1.54, 1.807) is 24.3 Å². The Kier molecular flexibility index (Phi) is 30.4. The Morgan fingerprint density at radius 3 is 1.70 bits per heavy atom. The first-order chi connectivity index (χ1) is 48.8. The minimum Gasteiger partial charge on any atom is -0.507 e. The first-order valence-electron chi connectivity index (χ1n) is 36.4. The van der Waals surface area contributed by atoms with Crippen molar-refractivity contribution in [3.05, 3.63) is 89.0 Å². The number of hydrogen-bond donors (Lipinski definition) is 13. The highest BCUT2D eigenvalue weighted by atomic mass is 19.1. The summed E-state index contributed by atoms with van der Waals surface area (Å²) in [5, 5.41) is 106. The number of fused-ring (bicyclic) bond motifs is 2. The number of hydrogen-bond acceptors (Lipinski definition) is 20. The lowest BCUT2D eigenvalue weighted by molar-refractivity contribution is -0.147. The summed E-state index contributed by atoms with van der Waals surface area (Å²) >= 11 is 0. The molecule has 27 nitrogen and oxygen atoms in total. The van der Waals surface area contributed by atoms with E-state index in [-0.39, 0.29) is 49.0 Å². The summed E-state index contributed by atoms with van der Waals surface area (Å²) in [6.07, 6.45) is -2.97. The second-order valence-corrected chi connectivity index (χ2v) is 28.6. The van der Waals surface area contributed by atoms with Gasteiger partial charge < -0.3 is 91.8 Å². The molecule has 8 rings (SSSR count). The number of rotatable bonds is 27. The van der Waals surface area contributed by atoms with Crippen molar-refractivity contribution in [1.82, 2.24) is 46.2 Å². The molecule has 0 aromatic heterocycles. The third-order valence-corrected chi connectivity index (χ3v) is 20.8. The minimum absolute atomic E-state index is 0.0354. The fourth-order valence-electron chi connectivity index (χ4n) is 14.4. The number of anilines is 2. The van der Waals surface area contributed by atoms with Crippen molar-refractivity contribution >= 4 is 52.7 Å². The van der Waals surface area contributed by atoms with Gasteiger partial charge in [0.15, 0.2) is 6.23 Å². The highest BCUT2D eigenvalue weighted by Crippen LogP contribution is 2.34. The van der Waals surface area contributed by atoms with E-state index in [9.17, 15) is 83.2 Å². The van der Waals surface area contributed by atoms with Gasteiger partial charge in [0.2, 0.25) is 41.4 Å². The van der Waals surface area contributed by atoms with Crippen LogP contribution < -0.4 is 36.4 Å². The Bertz CT molecular complexity index is 3150. The SMILES string of the molecule is CCC(C)CCCCCCCCCCCC(=O)NC1CC(O)C(OC)NC(=O)C2C(O)C(C)CN2C(=O)C(CO)NC(=O)C(CC(O)C(O)c2cc(CN3CCN(c4ccc(F)cc4)CC3)c(O)c(CN3CCN(c4ccc(F)cc4)CC3)c2)NC(=O)C2CC(O)CN2C(=O)C(C(C)O)NC1=O. The van der Waals surface area contributed by atoms with Crippen LogP contribution in [0.4, 0.5) is 20.2 Å². The molecule has 0 saturated carbocycles. The number of aliphatic hydroxyl groups excluding tert-OH is 7. The van der Waals surface area contributed by atoms with Crippen molar-refractivity contribution in [2.45, 2.75) is 216 Å². The van der Waals surface area contributed by atoms with Crippen molar-refractivity contribution in [3.63, 3.8) is 0 Å². The molecule has 5 saturated heterocycles. The number of piperazine rings is 2. The summed E-state index contributed by atoms with van der Waals surface area (Å²) < 4.78 is 33.2. The summed E-state index contributed by atoms with van der Waals surface area (Å²) in [6.45, 7) is 9.80. The maximum Gasteiger partial charge on any atom is 0.248 e. The largest absolute Gasteiger partial charge is 0.507 e. The van der Waals surface area contributed by atoms with Gasteiger partial charge in [0.25, 0.3) is 0 Å². The van der Waals surface area contributed by atoms with Crippen molar-refractivity contribution in [1.29, 1.82) is 0 Å². The number of methoxy groups -OCH3 is 1. The lowest BCUT2D eigenvalue weighted by Gasteiger charge is -2.37. The van der Waals surface area contributed by atoms with Crippen LogP contribution in [0.1, 0.15) is 147 Å². The molecule has 5 heterocycles. The molecule has 5 fully saturated rings. The minimum atomic E-state index is -1.97. The summed E-state index contributed by atoms with van der Waals surface area (Å²) in [6, 6.07) is 4.51. The van der Waals surface area contributed by atoms with Crippen molar-refractivity contribution in [2.24, 2.45) is 11.8 Å². The van der Waals surface area contributed by atoms with Crippen LogP contribution in [0.3, 0.4) is 0 Å². The van der Waals surface area contributed by atoms with Gasteiger partial charge in [-0.3, -0.25) is 43.4 Å². The highest BCUT2D eigenvalue weighted by molar-refractivity contribution is 5.98. The molecule has 15 atom stereocenters. The van der Waals surface area contributed by atoms with Gasteiger partial charge in [-0.2, -0.15) is 0 Å². The summed E-state index contributed by atoms with van der Waals surface area (Å²) in [5.41, 5.74) is 2.50. The topological polar surface area (TPSA) is 370 Å². The second kappa shape index (κ2) is 38.5. The summed E-state index contributed by atoms with van der Waals surface area (Å²) in [4.78, 5) is 112. The number of benzene rings is 3. The molecule has 566 valence electrons. The molecule has 5 aliphatic heterocycles. The molecule has 13 N–H and O–H groups in total. The van der Waals surface area contributed by atoms with Gasteiger partial charge in [0.1, 0.15) is 65.8 Å². The molecule has 0 bridgehead atoms. The fraction of sp³-hybridized carbons (Fsp3) is 0.658. The van der Waals surface area contributed by atoms with E-state index in [0.29, 0.717) is 76.3 Å². The highest BCUT2D eigenvalue weighted by Gasteiger charge is 2.49. The molecular weight excluding hydrogens is 1320 g/mol. The van der Waals surface area contributed by atoms with Crippen LogP contribution >= 0.6 is 0 Å². The maximum atomic E-state index is 14.9. The van der Waals surface area contributed by atoms with Crippen LogP contribution in [0, 0.1) is 23.5 Å². The monoisotopic (exact) mass is 1430 g/mol. The van der Waals surface area contributed by atoms with E-state index >= 15 is 0 Å². The molecule has 5 aliphatic rings. The number of nitrogens with zero attached hydrogens (tertiary/aromatic N) is 6. The number of phenols is 1. The Morgan fingerprint density at radius 2 is 1.18 bits per heavy atom. The number of unbranched alkanes of at least 4 members (excludes halogenated alkanes) is 8. The first-order valence-corrected chi connectivity index (χ1v) is 36.4. The summed E-state index contributed by atoms with van der Waals surface area (Å²) in [5.74, 6) is -8.21. The maximum absolute atomic E-state index is 14.9. The van der Waals surface area contributed by atoms with Gasteiger partial charge in [-0.25, -0.2) is 8.78 Å². The van der Waals surface area contributed by atoms with E-state index in [0.717, 1.165) is 66.3 Å². The van der Waals surface area contributed by atoms with Crippen molar-refractivity contribution < 1.29 is 87.9 Å². The molecule has 29 heteroatoms. The lowest BCUT2D eigenvalue weighted by Crippen LogP contribution is -2.61. The van der Waals surface area contributed by atoms with Crippen LogP contribution in [0.2, 0.25) is 0 Å². The van der Waals surface area contributed by atoms with Crippen molar-refractivity contribution in [3.8, 4) is 5.75 Å². The normalized spacial score (nSPS) is 26.8. The third-order valence-electron chi connectivity index (χ3n) is 20.8. The Labute approximate surface area is 596 Å². The van der Waals surface area contributed by atoms with Gasteiger partial charge in [-0.05, 0) is 85.5 Å². The average molecular weight is 1430 g/mol. The first kappa shape index (κ1) is 80.5. The van der Waals surface area contributed by atoms with Crippen LogP contribution in [0.15, 0.2) is 60.7 Å². The molecule has 0 spiro atoms. The molecule has 15 unspecified atom stereocenters. The van der Waals surface area contributed by atoms with E-state index in [2.05, 4.69) is 60.0 Å². The average Bonchev–Trinajstić information content (AvgIpc) is 1.54. The molecule has 0 aliphatic carbocycles. The summed E-state index contributed by atoms with van der Waals surface area (Å²) in [7, 11) is 1.11. The quantitative estimate of drug-likeness (QED) is 0.0484. The van der Waals surface area contributed by atoms with Crippen LogP contribution in [0.25, 0.3) is 0 Å². The Morgan fingerprint density at radius 1 is 0.647 bits per heavy atom. The number of amides is 7. The number of ether oxygens (including phenoxy) is 1. The molecule has 7 amide bonds. The Balaban J connectivity index is 1.05. The number of nitrogens with one attached hydrogen (secondary N) is 5. The van der Waals surface area contributed by atoms with Crippen LogP contribution in [0.5, 0.6) is 5.75 Å². The van der Waals surface area contributed by atoms with Crippen LogP contribution in [-0.4, -0.2) is 254 Å². The van der Waals surface area contributed by atoms with Gasteiger partial charge in [0.05, 0.1) is 31.0 Å². The van der Waals surface area contributed by atoms with E-state index in [4.69, 9.17) is 4.74 Å². The molecule has 3 aromatic rings. The second-order valence-electron chi connectivity index (χ2n) is 28.6. The molecule has 102 heavy (non-hydrogen) atoms.